The molecule has 4 rings (SSSR count). The Morgan fingerprint density at radius 1 is 1.36 bits per heavy atom. The van der Waals surface area contributed by atoms with E-state index in [9.17, 15) is 9.18 Å². The lowest BCUT2D eigenvalue weighted by Crippen LogP contribution is -2.11. The van der Waals surface area contributed by atoms with Gasteiger partial charge in [0.15, 0.2) is 17.5 Å². The number of nitrogens with two attached hydrogens (primary N) is 1. The molecule has 0 atom stereocenters. The Kier molecular flexibility index (Phi) is 4.17. The van der Waals surface area contributed by atoms with Crippen LogP contribution >= 0.6 is 0 Å². The molecule has 0 saturated carbocycles. The molecule has 144 valence electrons. The average Bonchev–Trinajstić information content (AvgIpc) is 3.34. The third kappa shape index (κ3) is 2.73. The van der Waals surface area contributed by atoms with Crippen LogP contribution in [0.4, 0.5) is 4.39 Å². The van der Waals surface area contributed by atoms with Gasteiger partial charge in [0.1, 0.15) is 5.69 Å². The number of carbonyl (C=O) groups excluding carboxylic acids is 1. The SMILES string of the molecule is CCCn1nc(C)c(F)c1-c1nc(-c2cc(C(N)=O)cc3c2cnn3C)n[nH]1. The molecule has 0 saturated heterocycles. The quantitative estimate of drug-likeness (QED) is 0.548. The van der Waals surface area contributed by atoms with Crippen LogP contribution in [-0.2, 0) is 13.6 Å². The van der Waals surface area contributed by atoms with Gasteiger partial charge in [-0.2, -0.15) is 15.3 Å². The van der Waals surface area contributed by atoms with Crippen molar-refractivity contribution >= 4 is 16.8 Å². The fourth-order valence-electron chi connectivity index (χ4n) is 3.22. The minimum Gasteiger partial charge on any atom is -0.366 e. The number of hydrogen-bond donors (Lipinski definition) is 2. The first-order valence-corrected chi connectivity index (χ1v) is 8.82. The lowest BCUT2D eigenvalue weighted by atomic mass is 10.1. The number of benzene rings is 1. The fraction of sp³-hybridized carbons (Fsp3) is 0.278. The van der Waals surface area contributed by atoms with Gasteiger partial charge in [0, 0.05) is 30.1 Å². The lowest BCUT2D eigenvalue weighted by Gasteiger charge is -2.04. The molecule has 3 aromatic heterocycles. The Bertz CT molecular complexity index is 1200. The van der Waals surface area contributed by atoms with Crippen LogP contribution in [0.15, 0.2) is 18.3 Å². The van der Waals surface area contributed by atoms with Crippen molar-refractivity contribution in [2.45, 2.75) is 26.8 Å². The van der Waals surface area contributed by atoms with Crippen LogP contribution in [0, 0.1) is 12.7 Å². The minimum atomic E-state index is -0.567. The minimum absolute atomic E-state index is 0.256. The van der Waals surface area contributed by atoms with Crippen molar-refractivity contribution in [2.24, 2.45) is 12.8 Å². The van der Waals surface area contributed by atoms with Gasteiger partial charge in [-0.15, -0.1) is 0 Å². The summed E-state index contributed by atoms with van der Waals surface area (Å²) in [5, 5.41) is 16.2. The fourth-order valence-corrected chi connectivity index (χ4v) is 3.22. The molecule has 0 aliphatic rings. The number of carbonyl (C=O) groups is 1. The van der Waals surface area contributed by atoms with Gasteiger partial charge < -0.3 is 5.73 Å². The largest absolute Gasteiger partial charge is 0.366 e. The smallest absolute Gasteiger partial charge is 0.248 e. The Hall–Kier alpha value is -3.56. The van der Waals surface area contributed by atoms with Gasteiger partial charge in [-0.25, -0.2) is 9.37 Å². The maximum atomic E-state index is 14.6. The third-order valence-electron chi connectivity index (χ3n) is 4.59. The zero-order valence-corrected chi connectivity index (χ0v) is 15.7. The van der Waals surface area contributed by atoms with Crippen molar-refractivity contribution in [3.8, 4) is 22.9 Å². The first-order chi connectivity index (χ1) is 13.4. The summed E-state index contributed by atoms with van der Waals surface area (Å²) in [4.78, 5) is 16.2. The normalized spacial score (nSPS) is 11.4. The molecule has 3 heterocycles. The zero-order chi connectivity index (χ0) is 20.0. The van der Waals surface area contributed by atoms with E-state index in [0.29, 0.717) is 29.2 Å². The van der Waals surface area contributed by atoms with Crippen LogP contribution in [0.2, 0.25) is 0 Å². The van der Waals surface area contributed by atoms with Crippen LogP contribution < -0.4 is 5.73 Å². The topological polar surface area (TPSA) is 120 Å². The van der Waals surface area contributed by atoms with Gasteiger partial charge in [0.25, 0.3) is 0 Å². The number of rotatable bonds is 5. The highest BCUT2D eigenvalue weighted by molar-refractivity contribution is 6.02. The lowest BCUT2D eigenvalue weighted by molar-refractivity contribution is 0.100. The molecule has 0 radical (unpaired) electrons. The summed E-state index contributed by atoms with van der Waals surface area (Å²) in [6, 6.07) is 3.28. The second kappa shape index (κ2) is 6.55. The van der Waals surface area contributed by atoms with Crippen molar-refractivity contribution in [3.63, 3.8) is 0 Å². The standard InChI is InChI=1S/C18H19FN8O/c1-4-5-27-15(14(19)9(2)25-27)18-22-17(23-24-18)11-6-10(16(20)28)7-13-12(11)8-21-26(13)3/h6-8H,4-5H2,1-3H3,(H2,20,28)(H,22,23,24). The molecule has 3 N–H and O–H groups in total. The molecule has 0 fully saturated rings. The Morgan fingerprint density at radius 2 is 2.14 bits per heavy atom. The summed E-state index contributed by atoms with van der Waals surface area (Å²) in [6.45, 7) is 4.15. The van der Waals surface area contributed by atoms with Gasteiger partial charge in [-0.05, 0) is 25.5 Å². The van der Waals surface area contributed by atoms with Crippen molar-refractivity contribution < 1.29 is 9.18 Å². The highest BCUT2D eigenvalue weighted by Gasteiger charge is 2.22. The summed E-state index contributed by atoms with van der Waals surface area (Å²) in [6.07, 6.45) is 2.46. The summed E-state index contributed by atoms with van der Waals surface area (Å²) in [5.41, 5.74) is 7.64. The summed E-state index contributed by atoms with van der Waals surface area (Å²) in [5.74, 6) is -0.420. The van der Waals surface area contributed by atoms with Crippen LogP contribution in [-0.4, -0.2) is 40.6 Å². The van der Waals surface area contributed by atoms with E-state index in [1.807, 2.05) is 6.92 Å². The van der Waals surface area contributed by atoms with E-state index in [1.165, 1.54) is 0 Å². The van der Waals surface area contributed by atoms with E-state index < -0.39 is 11.7 Å². The number of hydrogen-bond acceptors (Lipinski definition) is 5. The second-order valence-corrected chi connectivity index (χ2v) is 6.57. The Balaban J connectivity index is 1.88. The zero-order valence-electron chi connectivity index (χ0n) is 15.7. The van der Waals surface area contributed by atoms with E-state index in [4.69, 9.17) is 5.73 Å². The van der Waals surface area contributed by atoms with Crippen LogP contribution in [0.5, 0.6) is 0 Å². The molecule has 0 unspecified atom stereocenters. The monoisotopic (exact) mass is 382 g/mol. The van der Waals surface area contributed by atoms with E-state index in [0.717, 1.165) is 17.3 Å². The average molecular weight is 382 g/mol. The number of aromatic amines is 1. The Labute approximate surface area is 159 Å². The molecular weight excluding hydrogens is 363 g/mol. The summed E-state index contributed by atoms with van der Waals surface area (Å²) in [7, 11) is 1.77. The van der Waals surface area contributed by atoms with E-state index in [1.54, 1.807) is 41.7 Å². The van der Waals surface area contributed by atoms with Crippen molar-refractivity contribution in [1.82, 2.24) is 34.7 Å². The number of halogens is 1. The van der Waals surface area contributed by atoms with Crippen molar-refractivity contribution in [3.05, 3.63) is 35.4 Å². The summed E-state index contributed by atoms with van der Waals surface area (Å²) >= 11 is 0. The number of aromatic nitrogens is 7. The molecule has 0 bridgehead atoms. The second-order valence-electron chi connectivity index (χ2n) is 6.57. The van der Waals surface area contributed by atoms with Gasteiger partial charge in [-0.1, -0.05) is 6.92 Å². The summed E-state index contributed by atoms with van der Waals surface area (Å²) < 4.78 is 17.8. The van der Waals surface area contributed by atoms with Crippen molar-refractivity contribution in [2.75, 3.05) is 0 Å². The molecule has 0 aliphatic carbocycles. The number of H-pyrrole nitrogens is 1. The van der Waals surface area contributed by atoms with E-state index >= 15 is 0 Å². The van der Waals surface area contributed by atoms with Crippen LogP contribution in [0.3, 0.4) is 0 Å². The van der Waals surface area contributed by atoms with Crippen molar-refractivity contribution in [1.29, 1.82) is 0 Å². The first kappa shape index (κ1) is 17.8. The molecule has 1 amide bonds. The van der Waals surface area contributed by atoms with E-state index in [2.05, 4.69) is 25.4 Å². The molecule has 0 aliphatic heterocycles. The number of aryl methyl sites for hydroxylation is 3. The van der Waals surface area contributed by atoms with Gasteiger partial charge in [-0.3, -0.25) is 19.3 Å². The molecule has 0 spiro atoms. The van der Waals surface area contributed by atoms with Gasteiger partial charge in [0.05, 0.1) is 17.4 Å². The highest BCUT2D eigenvalue weighted by Crippen LogP contribution is 2.30. The molecular formula is C18H19FN8O. The Morgan fingerprint density at radius 3 is 2.86 bits per heavy atom. The molecule has 9 nitrogen and oxygen atoms in total. The molecule has 1 aromatic carbocycles. The molecule has 4 aromatic rings. The predicted octanol–water partition coefficient (Wildman–Crippen LogP) is 2.18. The maximum absolute atomic E-state index is 14.6. The highest BCUT2D eigenvalue weighted by atomic mass is 19.1. The number of fused-ring (bicyclic) bond motifs is 1. The third-order valence-corrected chi connectivity index (χ3v) is 4.59. The number of nitrogens with one attached hydrogen (secondary N) is 1. The van der Waals surface area contributed by atoms with Crippen LogP contribution in [0.25, 0.3) is 33.8 Å². The van der Waals surface area contributed by atoms with E-state index in [-0.39, 0.29) is 11.5 Å². The number of primary amides is 1. The number of nitrogens with zero attached hydrogens (tertiary/aromatic N) is 6. The van der Waals surface area contributed by atoms with Gasteiger partial charge in [0.2, 0.25) is 5.91 Å². The van der Waals surface area contributed by atoms with Crippen LogP contribution in [0.1, 0.15) is 29.4 Å². The molecule has 28 heavy (non-hydrogen) atoms. The predicted molar refractivity (Wildman–Crippen MR) is 101 cm³/mol. The van der Waals surface area contributed by atoms with Gasteiger partial charge >= 0.3 is 0 Å². The maximum Gasteiger partial charge on any atom is 0.248 e. The first-order valence-electron chi connectivity index (χ1n) is 8.82. The molecule has 10 heteroatoms. The number of amides is 1.